The molecule has 0 saturated carbocycles. The molecule has 1 amide bonds. The Morgan fingerprint density at radius 3 is 2.63 bits per heavy atom. The predicted octanol–water partition coefficient (Wildman–Crippen LogP) is 2.25. The van der Waals surface area contributed by atoms with Gasteiger partial charge in [0.05, 0.1) is 24.2 Å². The lowest BCUT2D eigenvalue weighted by atomic mass is 10.1. The van der Waals surface area contributed by atoms with Gasteiger partial charge in [-0.25, -0.2) is 9.67 Å². The molecule has 0 bridgehead atoms. The summed E-state index contributed by atoms with van der Waals surface area (Å²) in [5.74, 6) is 0.00659. The average molecular weight is 369 g/mol. The van der Waals surface area contributed by atoms with E-state index < -0.39 is 5.91 Å². The lowest BCUT2D eigenvalue weighted by molar-refractivity contribution is 0.101. The first-order valence-electron chi connectivity index (χ1n) is 8.67. The van der Waals surface area contributed by atoms with Crippen LogP contribution < -0.4 is 10.9 Å². The third-order valence-electron chi connectivity index (χ3n) is 4.06. The zero-order chi connectivity index (χ0) is 19.6. The predicted molar refractivity (Wildman–Crippen MR) is 103 cm³/mol. The van der Waals surface area contributed by atoms with Gasteiger partial charge < -0.3 is 9.30 Å². The van der Waals surface area contributed by atoms with Crippen LogP contribution in [0.15, 0.2) is 41.2 Å². The molecule has 2 aromatic heterocycles. The number of hydrogen-bond donors (Lipinski definition) is 1. The summed E-state index contributed by atoms with van der Waals surface area (Å²) in [6.07, 6.45) is 0. The topological polar surface area (TPSA) is 91.0 Å². The number of methoxy groups -OCH3 is 1. The van der Waals surface area contributed by atoms with Crippen LogP contribution in [0.5, 0.6) is 0 Å². The number of amides is 1. The standard InChI is InChI=1S/C19H23N5O3/c1-19(2,3)24-15-8-6-5-7-13(15)20-18(24)21-17(26)14-9-10-16(25)23(22-14)11-12-27-4/h5-10H,11-12H2,1-4H3,(H,20,21,26). The van der Waals surface area contributed by atoms with Crippen LogP contribution in [-0.2, 0) is 16.8 Å². The molecule has 0 saturated heterocycles. The van der Waals surface area contributed by atoms with Crippen LogP contribution in [0.3, 0.4) is 0 Å². The summed E-state index contributed by atoms with van der Waals surface area (Å²) >= 11 is 0. The number of nitrogens with zero attached hydrogens (tertiary/aromatic N) is 4. The van der Waals surface area contributed by atoms with E-state index in [1.807, 2.05) is 49.6 Å². The lowest BCUT2D eigenvalue weighted by Gasteiger charge is -2.24. The molecule has 0 unspecified atom stereocenters. The zero-order valence-electron chi connectivity index (χ0n) is 15.9. The van der Waals surface area contributed by atoms with E-state index in [2.05, 4.69) is 15.4 Å². The number of benzene rings is 1. The highest BCUT2D eigenvalue weighted by Crippen LogP contribution is 2.28. The summed E-state index contributed by atoms with van der Waals surface area (Å²) < 4.78 is 8.16. The molecule has 8 nitrogen and oxygen atoms in total. The van der Waals surface area contributed by atoms with Gasteiger partial charge in [-0.3, -0.25) is 14.9 Å². The van der Waals surface area contributed by atoms with Gasteiger partial charge in [0, 0.05) is 18.7 Å². The monoisotopic (exact) mass is 369 g/mol. The summed E-state index contributed by atoms with van der Waals surface area (Å²) in [7, 11) is 1.54. The maximum absolute atomic E-state index is 12.7. The lowest BCUT2D eigenvalue weighted by Crippen LogP contribution is -2.29. The molecule has 0 aliphatic carbocycles. The van der Waals surface area contributed by atoms with Crippen molar-refractivity contribution in [2.24, 2.45) is 0 Å². The Hall–Kier alpha value is -3.00. The van der Waals surface area contributed by atoms with Gasteiger partial charge in [-0.2, -0.15) is 5.10 Å². The second-order valence-corrected chi connectivity index (χ2v) is 7.16. The minimum atomic E-state index is -0.429. The molecule has 8 heteroatoms. The first-order chi connectivity index (χ1) is 12.8. The highest BCUT2D eigenvalue weighted by Gasteiger charge is 2.23. The van der Waals surface area contributed by atoms with Gasteiger partial charge in [-0.15, -0.1) is 0 Å². The number of fused-ring (bicyclic) bond motifs is 1. The third kappa shape index (κ3) is 3.90. The quantitative estimate of drug-likeness (QED) is 0.745. The van der Waals surface area contributed by atoms with Crippen LogP contribution in [0.25, 0.3) is 11.0 Å². The minimum Gasteiger partial charge on any atom is -0.383 e. The van der Waals surface area contributed by atoms with E-state index in [9.17, 15) is 9.59 Å². The van der Waals surface area contributed by atoms with Gasteiger partial charge in [0.1, 0.15) is 5.69 Å². The van der Waals surface area contributed by atoms with Gasteiger partial charge in [-0.1, -0.05) is 12.1 Å². The Bertz CT molecular complexity index is 1030. The highest BCUT2D eigenvalue weighted by atomic mass is 16.5. The maximum atomic E-state index is 12.7. The molecule has 3 aromatic rings. The molecule has 27 heavy (non-hydrogen) atoms. The van der Waals surface area contributed by atoms with Crippen LogP contribution >= 0.6 is 0 Å². The number of nitrogens with one attached hydrogen (secondary N) is 1. The second-order valence-electron chi connectivity index (χ2n) is 7.16. The van der Waals surface area contributed by atoms with Crippen molar-refractivity contribution in [1.82, 2.24) is 19.3 Å². The fraction of sp³-hybridized carbons (Fsp3) is 0.368. The molecule has 2 heterocycles. The first kappa shape index (κ1) is 18.8. The Labute approximate surface area is 156 Å². The molecule has 1 aromatic carbocycles. The number of carbonyl (C=O) groups excluding carboxylic acids is 1. The van der Waals surface area contributed by atoms with Crippen molar-refractivity contribution in [3.8, 4) is 0 Å². The Balaban J connectivity index is 1.96. The summed E-state index contributed by atoms with van der Waals surface area (Å²) in [5, 5.41) is 6.96. The van der Waals surface area contributed by atoms with Crippen LogP contribution in [0.1, 0.15) is 31.3 Å². The molecule has 1 N–H and O–H groups in total. The fourth-order valence-electron chi connectivity index (χ4n) is 2.86. The van der Waals surface area contributed by atoms with E-state index in [1.165, 1.54) is 16.8 Å². The van der Waals surface area contributed by atoms with Crippen molar-refractivity contribution in [2.45, 2.75) is 32.9 Å². The molecular weight excluding hydrogens is 346 g/mol. The normalized spacial score (nSPS) is 11.7. The highest BCUT2D eigenvalue weighted by molar-refractivity contribution is 6.02. The summed E-state index contributed by atoms with van der Waals surface area (Å²) in [6.45, 7) is 6.73. The van der Waals surface area contributed by atoms with Crippen molar-refractivity contribution in [3.05, 3.63) is 52.4 Å². The van der Waals surface area contributed by atoms with Gasteiger partial charge in [0.15, 0.2) is 0 Å². The molecule has 0 spiro atoms. The fourth-order valence-corrected chi connectivity index (χ4v) is 2.86. The molecule has 142 valence electrons. The molecule has 0 fully saturated rings. The van der Waals surface area contributed by atoms with Crippen LogP contribution in [-0.4, -0.2) is 39.0 Å². The number of hydrogen-bond acceptors (Lipinski definition) is 5. The van der Waals surface area contributed by atoms with Crippen molar-refractivity contribution < 1.29 is 9.53 Å². The minimum absolute atomic E-state index is 0.137. The van der Waals surface area contributed by atoms with E-state index in [4.69, 9.17) is 4.74 Å². The number of imidazole rings is 1. The Morgan fingerprint density at radius 2 is 1.93 bits per heavy atom. The number of ether oxygens (including phenoxy) is 1. The smallest absolute Gasteiger partial charge is 0.278 e. The molecule has 0 aliphatic heterocycles. The van der Waals surface area contributed by atoms with E-state index in [1.54, 1.807) is 7.11 Å². The average Bonchev–Trinajstić information content (AvgIpc) is 2.98. The summed E-state index contributed by atoms with van der Waals surface area (Å²) in [4.78, 5) is 29.1. The Morgan fingerprint density at radius 1 is 1.19 bits per heavy atom. The van der Waals surface area contributed by atoms with E-state index in [0.29, 0.717) is 12.6 Å². The van der Waals surface area contributed by atoms with Crippen LogP contribution in [0, 0.1) is 0 Å². The molecule has 3 rings (SSSR count). The molecule has 0 atom stereocenters. The number of carbonyl (C=O) groups is 1. The number of rotatable bonds is 5. The summed E-state index contributed by atoms with van der Waals surface area (Å²) in [5.41, 5.74) is 1.28. The van der Waals surface area contributed by atoms with Crippen LogP contribution in [0.4, 0.5) is 5.95 Å². The first-order valence-corrected chi connectivity index (χ1v) is 8.67. The van der Waals surface area contributed by atoms with Crippen molar-refractivity contribution in [3.63, 3.8) is 0 Å². The van der Waals surface area contributed by atoms with E-state index in [-0.39, 0.29) is 23.3 Å². The second kappa shape index (κ2) is 7.32. The maximum Gasteiger partial charge on any atom is 0.278 e. The third-order valence-corrected chi connectivity index (χ3v) is 4.06. The number of anilines is 1. The van der Waals surface area contributed by atoms with Gasteiger partial charge in [0.25, 0.3) is 11.5 Å². The molecule has 0 radical (unpaired) electrons. The van der Waals surface area contributed by atoms with Crippen LogP contribution in [0.2, 0.25) is 0 Å². The van der Waals surface area contributed by atoms with Crippen molar-refractivity contribution >= 4 is 22.9 Å². The molecular formula is C19H23N5O3. The SMILES string of the molecule is COCCn1nc(C(=O)Nc2nc3ccccc3n2C(C)(C)C)ccc1=O. The Kier molecular flexibility index (Phi) is 5.09. The van der Waals surface area contributed by atoms with Crippen molar-refractivity contribution in [2.75, 3.05) is 19.0 Å². The van der Waals surface area contributed by atoms with Gasteiger partial charge in [0.2, 0.25) is 5.95 Å². The molecule has 0 aliphatic rings. The van der Waals surface area contributed by atoms with Gasteiger partial charge in [-0.05, 0) is 39.0 Å². The number of aromatic nitrogens is 4. The summed E-state index contributed by atoms with van der Waals surface area (Å²) in [6, 6.07) is 10.4. The van der Waals surface area contributed by atoms with Gasteiger partial charge >= 0.3 is 0 Å². The largest absolute Gasteiger partial charge is 0.383 e. The van der Waals surface area contributed by atoms with Crippen molar-refractivity contribution in [1.29, 1.82) is 0 Å². The van der Waals surface area contributed by atoms with E-state index in [0.717, 1.165) is 11.0 Å². The zero-order valence-corrected chi connectivity index (χ0v) is 15.9. The van der Waals surface area contributed by atoms with E-state index >= 15 is 0 Å². The number of para-hydroxylation sites is 2.